The molecule has 1 heterocycles. The topological polar surface area (TPSA) is 20.2 Å². The lowest BCUT2D eigenvalue weighted by Crippen LogP contribution is -1.77. The largest absolute Gasteiger partial charge is 0.506 e. The third-order valence-corrected chi connectivity index (χ3v) is 3.46. The van der Waals surface area contributed by atoms with Crippen molar-refractivity contribution >= 4 is 21.4 Å². The number of fused-ring (bicyclic) bond motifs is 1. The Bertz CT molecular complexity index is 626. The molecule has 3 rings (SSSR count). The summed E-state index contributed by atoms with van der Waals surface area (Å²) in [6.07, 6.45) is 0. The summed E-state index contributed by atoms with van der Waals surface area (Å²) in [5.41, 5.74) is 2.18. The van der Waals surface area contributed by atoms with Crippen LogP contribution in [0.25, 0.3) is 21.2 Å². The molecule has 1 radical (unpaired) electrons. The minimum atomic E-state index is 0.249. The van der Waals surface area contributed by atoms with Gasteiger partial charge in [-0.05, 0) is 17.2 Å². The van der Waals surface area contributed by atoms with Crippen LogP contribution in [-0.2, 0) is 0 Å². The number of benzene rings is 2. The van der Waals surface area contributed by atoms with Gasteiger partial charge in [0.25, 0.3) is 0 Å². The van der Waals surface area contributed by atoms with Gasteiger partial charge in [0.2, 0.25) is 0 Å². The lowest BCUT2D eigenvalue weighted by Gasteiger charge is -2.03. The first-order chi connectivity index (χ1) is 7.86. The molecule has 0 saturated heterocycles. The van der Waals surface area contributed by atoms with Gasteiger partial charge in [0.05, 0.1) is 5.38 Å². The molecule has 2 heteroatoms. The van der Waals surface area contributed by atoms with Crippen LogP contribution in [0.4, 0.5) is 0 Å². The van der Waals surface area contributed by atoms with E-state index in [0.717, 1.165) is 21.2 Å². The van der Waals surface area contributed by atoms with Crippen molar-refractivity contribution in [3.63, 3.8) is 0 Å². The molecular formula is C14H9OS. The highest BCUT2D eigenvalue weighted by atomic mass is 32.1. The summed E-state index contributed by atoms with van der Waals surface area (Å²) in [5, 5.41) is 13.6. The highest BCUT2D eigenvalue weighted by Gasteiger charge is 2.09. The minimum Gasteiger partial charge on any atom is -0.506 e. The quantitative estimate of drug-likeness (QED) is 0.661. The highest BCUT2D eigenvalue weighted by molar-refractivity contribution is 7.17. The van der Waals surface area contributed by atoms with Crippen LogP contribution in [0, 0.1) is 5.38 Å². The van der Waals surface area contributed by atoms with E-state index in [4.69, 9.17) is 0 Å². The average Bonchev–Trinajstić information content (AvgIpc) is 2.73. The van der Waals surface area contributed by atoms with Crippen molar-refractivity contribution in [3.05, 3.63) is 53.9 Å². The molecule has 0 amide bonds. The van der Waals surface area contributed by atoms with Crippen molar-refractivity contribution in [3.8, 4) is 16.9 Å². The SMILES string of the molecule is Oc1[c]sc2cccc(-c3ccccc3)c12. The number of thiophene rings is 1. The Kier molecular flexibility index (Phi) is 2.15. The molecule has 0 spiro atoms. The van der Waals surface area contributed by atoms with Crippen molar-refractivity contribution in [1.29, 1.82) is 0 Å². The molecule has 3 aromatic rings. The molecule has 1 aromatic heterocycles. The highest BCUT2D eigenvalue weighted by Crippen LogP contribution is 2.38. The summed E-state index contributed by atoms with van der Waals surface area (Å²) in [6, 6.07) is 16.1. The molecule has 0 fully saturated rings. The third-order valence-electron chi connectivity index (χ3n) is 2.61. The van der Waals surface area contributed by atoms with Gasteiger partial charge in [0, 0.05) is 10.1 Å². The van der Waals surface area contributed by atoms with Crippen LogP contribution in [0.15, 0.2) is 48.5 Å². The molecule has 77 valence electrons. The number of hydrogen-bond acceptors (Lipinski definition) is 2. The summed E-state index contributed by atoms with van der Waals surface area (Å²) < 4.78 is 1.07. The summed E-state index contributed by atoms with van der Waals surface area (Å²) >= 11 is 1.45. The van der Waals surface area contributed by atoms with E-state index in [1.165, 1.54) is 11.3 Å². The Hall–Kier alpha value is -1.80. The van der Waals surface area contributed by atoms with Crippen molar-refractivity contribution in [1.82, 2.24) is 0 Å². The van der Waals surface area contributed by atoms with E-state index >= 15 is 0 Å². The van der Waals surface area contributed by atoms with Gasteiger partial charge in [-0.2, -0.15) is 0 Å². The predicted octanol–water partition coefficient (Wildman–Crippen LogP) is 4.07. The monoisotopic (exact) mass is 225 g/mol. The van der Waals surface area contributed by atoms with Gasteiger partial charge in [0.15, 0.2) is 0 Å². The number of aromatic hydroxyl groups is 1. The Morgan fingerprint density at radius 3 is 2.56 bits per heavy atom. The van der Waals surface area contributed by atoms with E-state index in [1.54, 1.807) is 0 Å². The van der Waals surface area contributed by atoms with Gasteiger partial charge in [-0.15, -0.1) is 11.3 Å². The fraction of sp³-hybridized carbons (Fsp3) is 0. The Labute approximate surface area is 97.6 Å². The zero-order valence-electron chi connectivity index (χ0n) is 8.47. The van der Waals surface area contributed by atoms with Gasteiger partial charge in [-0.1, -0.05) is 42.5 Å². The summed E-state index contributed by atoms with van der Waals surface area (Å²) in [7, 11) is 0. The summed E-state index contributed by atoms with van der Waals surface area (Å²) in [5.74, 6) is 0.249. The fourth-order valence-electron chi connectivity index (χ4n) is 1.87. The molecular weight excluding hydrogens is 216 g/mol. The normalized spacial score (nSPS) is 10.8. The summed E-state index contributed by atoms with van der Waals surface area (Å²) in [4.78, 5) is 0. The second-order valence-corrected chi connectivity index (χ2v) is 4.45. The third kappa shape index (κ3) is 1.39. The van der Waals surface area contributed by atoms with Crippen LogP contribution in [-0.4, -0.2) is 5.11 Å². The molecule has 0 aliphatic carbocycles. The van der Waals surface area contributed by atoms with Crippen molar-refractivity contribution in [2.24, 2.45) is 0 Å². The molecule has 1 nitrogen and oxygen atoms in total. The Morgan fingerprint density at radius 2 is 1.75 bits per heavy atom. The van der Waals surface area contributed by atoms with Gasteiger partial charge in [-0.3, -0.25) is 0 Å². The molecule has 0 bridgehead atoms. The summed E-state index contributed by atoms with van der Waals surface area (Å²) in [6.45, 7) is 0. The van der Waals surface area contributed by atoms with Crippen molar-refractivity contribution in [2.75, 3.05) is 0 Å². The van der Waals surface area contributed by atoms with Gasteiger partial charge in [0.1, 0.15) is 5.75 Å². The van der Waals surface area contributed by atoms with Crippen molar-refractivity contribution in [2.45, 2.75) is 0 Å². The van der Waals surface area contributed by atoms with E-state index in [-0.39, 0.29) is 5.75 Å². The van der Waals surface area contributed by atoms with E-state index in [9.17, 15) is 5.11 Å². The second-order valence-electron chi connectivity index (χ2n) is 3.60. The van der Waals surface area contributed by atoms with Crippen LogP contribution in [0.1, 0.15) is 0 Å². The number of hydrogen-bond donors (Lipinski definition) is 1. The van der Waals surface area contributed by atoms with Crippen molar-refractivity contribution < 1.29 is 5.11 Å². The number of rotatable bonds is 1. The van der Waals surface area contributed by atoms with Crippen LogP contribution in [0.3, 0.4) is 0 Å². The fourth-order valence-corrected chi connectivity index (χ4v) is 2.64. The molecule has 1 N–H and O–H groups in total. The minimum absolute atomic E-state index is 0.249. The smallest absolute Gasteiger partial charge is 0.143 e. The Balaban J connectivity index is 2.36. The first-order valence-corrected chi connectivity index (χ1v) is 5.85. The van der Waals surface area contributed by atoms with Crippen LogP contribution in [0.2, 0.25) is 0 Å². The molecule has 0 aliphatic rings. The maximum atomic E-state index is 9.81. The molecule has 0 aliphatic heterocycles. The van der Waals surface area contributed by atoms with Gasteiger partial charge in [-0.25, -0.2) is 0 Å². The second kappa shape index (κ2) is 3.65. The Morgan fingerprint density at radius 1 is 0.938 bits per heavy atom. The van der Waals surface area contributed by atoms with E-state index < -0.39 is 0 Å². The average molecular weight is 225 g/mol. The lowest BCUT2D eigenvalue weighted by molar-refractivity contribution is 0.483. The van der Waals surface area contributed by atoms with Crippen LogP contribution < -0.4 is 0 Å². The molecule has 2 aromatic carbocycles. The molecule has 16 heavy (non-hydrogen) atoms. The van der Waals surface area contributed by atoms with Crippen LogP contribution in [0.5, 0.6) is 5.75 Å². The first kappa shape index (κ1) is 9.43. The molecule has 0 unspecified atom stereocenters. The maximum Gasteiger partial charge on any atom is 0.143 e. The van der Waals surface area contributed by atoms with E-state index in [0.29, 0.717) is 0 Å². The van der Waals surface area contributed by atoms with Gasteiger partial charge >= 0.3 is 0 Å². The first-order valence-electron chi connectivity index (χ1n) is 5.04. The zero-order valence-corrected chi connectivity index (χ0v) is 9.29. The maximum absolute atomic E-state index is 9.81. The predicted molar refractivity (Wildman–Crippen MR) is 67.8 cm³/mol. The zero-order chi connectivity index (χ0) is 11.0. The molecule has 0 atom stereocenters. The van der Waals surface area contributed by atoms with Crippen LogP contribution >= 0.6 is 11.3 Å². The van der Waals surface area contributed by atoms with Gasteiger partial charge < -0.3 is 5.11 Å². The van der Waals surface area contributed by atoms with E-state index in [2.05, 4.69) is 5.38 Å². The standard InChI is InChI=1S/C14H9OS/c15-12-9-16-13-8-4-7-11(14(12)13)10-5-2-1-3-6-10/h1-8,15H. The lowest BCUT2D eigenvalue weighted by atomic mass is 10.0. The molecule has 0 saturated carbocycles. The van der Waals surface area contributed by atoms with E-state index in [1.807, 2.05) is 48.5 Å².